The molecule has 5 aliphatic carbocycles. The molecule has 5 rings (SSSR count). The van der Waals surface area contributed by atoms with Gasteiger partial charge < -0.3 is 20.1 Å². The molecule has 5 saturated carbocycles. The van der Waals surface area contributed by atoms with Crippen molar-refractivity contribution in [2.24, 2.45) is 23.7 Å². The molecule has 0 aromatic carbocycles. The largest absolute Gasteiger partial charge is 0.368 e. The van der Waals surface area contributed by atoms with Crippen LogP contribution in [-0.2, 0) is 19.1 Å². The highest BCUT2D eigenvalue weighted by Gasteiger charge is 2.35. The summed E-state index contributed by atoms with van der Waals surface area (Å²) >= 11 is 13.4. The van der Waals surface area contributed by atoms with E-state index >= 15 is 0 Å². The highest BCUT2D eigenvalue weighted by Crippen LogP contribution is 2.41. The van der Waals surface area contributed by atoms with Gasteiger partial charge in [-0.1, -0.05) is 57.8 Å². The smallest absolute Gasteiger partial charge is 0.246 e. The monoisotopic (exact) mass is 682 g/mol. The van der Waals surface area contributed by atoms with Crippen LogP contribution in [0.25, 0.3) is 0 Å². The van der Waals surface area contributed by atoms with E-state index in [1.165, 1.54) is 96.3 Å². The van der Waals surface area contributed by atoms with Crippen LogP contribution in [0.3, 0.4) is 0 Å². The number of rotatable bonds is 10. The van der Waals surface area contributed by atoms with Crippen LogP contribution in [0.5, 0.6) is 0 Å². The van der Waals surface area contributed by atoms with Crippen LogP contribution in [0, 0.1) is 23.7 Å². The lowest BCUT2D eigenvalue weighted by molar-refractivity contribution is -0.132. The van der Waals surface area contributed by atoms with Crippen LogP contribution < -0.4 is 10.6 Å². The fourth-order valence-corrected chi connectivity index (χ4v) is 10.5. The van der Waals surface area contributed by atoms with E-state index < -0.39 is 0 Å². The summed E-state index contributed by atoms with van der Waals surface area (Å²) in [5.41, 5.74) is 0. The summed E-state index contributed by atoms with van der Waals surface area (Å²) in [5.74, 6) is 2.63. The molecule has 0 spiro atoms. The highest BCUT2D eigenvalue weighted by molar-refractivity contribution is 6.20. The molecule has 5 fully saturated rings. The van der Waals surface area contributed by atoms with Crippen molar-refractivity contribution in [2.45, 2.75) is 189 Å². The first-order chi connectivity index (χ1) is 22.4. The van der Waals surface area contributed by atoms with Gasteiger partial charge >= 0.3 is 0 Å². The van der Waals surface area contributed by atoms with E-state index in [1.807, 2.05) is 0 Å². The number of hydrogen-bond donors (Lipinski definition) is 2. The van der Waals surface area contributed by atoms with E-state index in [0.29, 0.717) is 28.5 Å². The van der Waals surface area contributed by atoms with Gasteiger partial charge in [0, 0.05) is 22.8 Å². The maximum Gasteiger partial charge on any atom is 0.246 e. The topological polar surface area (TPSA) is 76.7 Å². The van der Waals surface area contributed by atoms with Crippen molar-refractivity contribution in [2.75, 3.05) is 13.2 Å². The average Bonchev–Trinajstić information content (AvgIpc) is 3.05. The molecule has 6 nitrogen and oxygen atoms in total. The number of amides is 2. The molecule has 6 atom stereocenters. The molecule has 0 saturated heterocycles. The molecule has 8 heteroatoms. The summed E-state index contributed by atoms with van der Waals surface area (Å²) in [4.78, 5) is 25.6. The third-order valence-electron chi connectivity index (χ3n) is 12.4. The van der Waals surface area contributed by atoms with Crippen molar-refractivity contribution in [1.82, 2.24) is 10.6 Å². The molecule has 0 heterocycles. The zero-order valence-corrected chi connectivity index (χ0v) is 30.1. The normalized spacial score (nSPS) is 38.4. The molecule has 0 radical (unpaired) electrons. The quantitative estimate of drug-likeness (QED) is 0.226. The Morgan fingerprint density at radius 1 is 0.500 bits per heavy atom. The Balaban J connectivity index is 0.935. The van der Waals surface area contributed by atoms with Gasteiger partial charge in [0.2, 0.25) is 11.8 Å². The van der Waals surface area contributed by atoms with Gasteiger partial charge in [0.25, 0.3) is 0 Å². The Morgan fingerprint density at radius 2 is 1.02 bits per heavy atom. The zero-order chi connectivity index (χ0) is 32.1. The average molecular weight is 684 g/mol. The van der Waals surface area contributed by atoms with Crippen LogP contribution in [0.15, 0.2) is 0 Å². The van der Waals surface area contributed by atoms with Crippen molar-refractivity contribution in [3.63, 3.8) is 0 Å². The van der Waals surface area contributed by atoms with Crippen molar-refractivity contribution in [3.8, 4) is 0 Å². The first-order valence-electron chi connectivity index (χ1n) is 19.5. The molecular formula is C38H64Cl2N2O4. The van der Waals surface area contributed by atoms with Crippen LogP contribution in [-0.4, -0.2) is 60.1 Å². The van der Waals surface area contributed by atoms with E-state index in [1.54, 1.807) is 0 Å². The number of ether oxygens (including phenoxy) is 2. The van der Waals surface area contributed by atoms with Gasteiger partial charge in [0.1, 0.15) is 13.2 Å². The molecule has 46 heavy (non-hydrogen) atoms. The van der Waals surface area contributed by atoms with E-state index in [4.69, 9.17) is 32.7 Å². The van der Waals surface area contributed by atoms with Gasteiger partial charge in [-0.05, 0) is 120 Å². The van der Waals surface area contributed by atoms with Gasteiger partial charge in [-0.25, -0.2) is 0 Å². The fraction of sp³-hybridized carbons (Fsp3) is 0.947. The minimum absolute atomic E-state index is 0.00301. The Bertz CT molecular complexity index is 907. The second kappa shape index (κ2) is 19.6. The highest BCUT2D eigenvalue weighted by atomic mass is 35.5. The van der Waals surface area contributed by atoms with Crippen molar-refractivity contribution < 1.29 is 19.1 Å². The number of alkyl halides is 2. The summed E-state index contributed by atoms with van der Waals surface area (Å²) < 4.78 is 12.4. The lowest BCUT2D eigenvalue weighted by atomic mass is 9.73. The van der Waals surface area contributed by atoms with Crippen LogP contribution in [0.2, 0.25) is 0 Å². The Labute approximate surface area is 289 Å². The minimum Gasteiger partial charge on any atom is -0.368 e. The third kappa shape index (κ3) is 11.8. The first-order valence-corrected chi connectivity index (χ1v) is 20.4. The fourth-order valence-electron chi connectivity index (χ4n) is 9.74. The lowest BCUT2D eigenvalue weighted by Gasteiger charge is -2.38. The molecular weight excluding hydrogens is 619 g/mol. The SMILES string of the molecule is O=C(COC1CCC(C2CCCCCCC2Cl)CC1)NC1CCC(NC(=O)COC2CCCCC2C2CCCCC(Cl)CC2)CC1. The number of carbonyl (C=O) groups is 2. The third-order valence-corrected chi connectivity index (χ3v) is 13.4. The van der Waals surface area contributed by atoms with E-state index in [-0.39, 0.29) is 49.3 Å². The van der Waals surface area contributed by atoms with Gasteiger partial charge in [0.15, 0.2) is 0 Å². The zero-order valence-electron chi connectivity index (χ0n) is 28.5. The lowest BCUT2D eigenvalue weighted by Crippen LogP contribution is -2.46. The maximum absolute atomic E-state index is 12.9. The second-order valence-corrected chi connectivity index (χ2v) is 16.9. The van der Waals surface area contributed by atoms with E-state index in [9.17, 15) is 9.59 Å². The number of halogens is 2. The minimum atomic E-state index is -0.00301. The Hall–Kier alpha value is -0.560. The van der Waals surface area contributed by atoms with Gasteiger partial charge in [0.05, 0.1) is 12.2 Å². The predicted octanol–water partition coefficient (Wildman–Crippen LogP) is 8.84. The van der Waals surface area contributed by atoms with Crippen LogP contribution in [0.4, 0.5) is 0 Å². The van der Waals surface area contributed by atoms with Crippen molar-refractivity contribution in [1.29, 1.82) is 0 Å². The maximum atomic E-state index is 12.9. The Kier molecular flexibility index (Phi) is 15.6. The molecule has 0 aromatic rings. The summed E-state index contributed by atoms with van der Waals surface area (Å²) in [6.07, 6.45) is 28.2. The molecule has 0 bridgehead atoms. The molecule has 2 N–H and O–H groups in total. The molecule has 264 valence electrons. The standard InChI is InChI=1S/C38H64Cl2N2O4/c39-29-10-6-5-9-27(15-18-29)34-12-7-8-14-36(34)46-26-38(44)42-31-21-19-30(20-22-31)41-37(43)25-45-32-23-16-28(17-24-32)33-11-3-1-2-4-13-35(33)40/h27-36H,1-26H2,(H,41,43)(H,42,44). The summed E-state index contributed by atoms with van der Waals surface area (Å²) in [5, 5.41) is 7.08. The summed E-state index contributed by atoms with van der Waals surface area (Å²) in [7, 11) is 0. The van der Waals surface area contributed by atoms with Gasteiger partial charge in [-0.15, -0.1) is 23.2 Å². The van der Waals surface area contributed by atoms with Crippen molar-refractivity contribution in [3.05, 3.63) is 0 Å². The molecule has 0 aliphatic heterocycles. The number of hydrogen-bond acceptors (Lipinski definition) is 4. The second-order valence-electron chi connectivity index (χ2n) is 15.7. The molecule has 5 aliphatic rings. The number of carbonyl (C=O) groups excluding carboxylic acids is 2. The van der Waals surface area contributed by atoms with Crippen molar-refractivity contribution >= 4 is 35.0 Å². The summed E-state index contributed by atoms with van der Waals surface area (Å²) in [6.45, 7) is 0.315. The van der Waals surface area contributed by atoms with E-state index in [2.05, 4.69) is 10.6 Å². The predicted molar refractivity (Wildman–Crippen MR) is 187 cm³/mol. The molecule has 2 amide bonds. The first kappa shape index (κ1) is 36.7. The molecule has 0 aromatic heterocycles. The number of nitrogens with one attached hydrogen (secondary N) is 2. The Morgan fingerprint density at radius 3 is 1.74 bits per heavy atom. The van der Waals surface area contributed by atoms with Gasteiger partial charge in [-0.2, -0.15) is 0 Å². The van der Waals surface area contributed by atoms with Crippen LogP contribution >= 0.6 is 23.2 Å². The van der Waals surface area contributed by atoms with Gasteiger partial charge in [-0.3, -0.25) is 9.59 Å². The van der Waals surface area contributed by atoms with E-state index in [0.717, 1.165) is 63.7 Å². The summed E-state index contributed by atoms with van der Waals surface area (Å²) in [6, 6.07) is 0.324. The molecule has 6 unspecified atom stereocenters. The van der Waals surface area contributed by atoms with Crippen LogP contribution in [0.1, 0.15) is 154 Å².